The predicted molar refractivity (Wildman–Crippen MR) is 61.8 cm³/mol. The molecule has 16 heavy (non-hydrogen) atoms. The van der Waals surface area contributed by atoms with E-state index in [1.165, 1.54) is 0 Å². The van der Waals surface area contributed by atoms with Crippen molar-refractivity contribution < 1.29 is 13.5 Å². The van der Waals surface area contributed by atoms with Crippen molar-refractivity contribution >= 4 is 9.84 Å². The molecule has 1 aliphatic rings. The molecular formula is C11H15NO3S. The van der Waals surface area contributed by atoms with Crippen LogP contribution in [-0.2, 0) is 9.84 Å². The van der Waals surface area contributed by atoms with Crippen LogP contribution in [0.15, 0.2) is 30.3 Å². The molecule has 1 fully saturated rings. The van der Waals surface area contributed by atoms with E-state index in [1.54, 1.807) is 0 Å². The zero-order valence-electron chi connectivity index (χ0n) is 9.00. The van der Waals surface area contributed by atoms with E-state index >= 15 is 0 Å². The molecule has 3 N–H and O–H groups in total. The van der Waals surface area contributed by atoms with Gasteiger partial charge in [-0.15, -0.1) is 0 Å². The minimum atomic E-state index is -3.23. The van der Waals surface area contributed by atoms with Crippen molar-refractivity contribution in [2.75, 3.05) is 12.9 Å². The first-order valence-corrected chi connectivity index (χ1v) is 7.00. The van der Waals surface area contributed by atoms with Crippen LogP contribution in [0.5, 0.6) is 0 Å². The number of aliphatic hydroxyl groups is 1. The summed E-state index contributed by atoms with van der Waals surface area (Å²) in [6.07, 6.45) is 1.16. The van der Waals surface area contributed by atoms with Gasteiger partial charge in [0.25, 0.3) is 0 Å². The highest BCUT2D eigenvalue weighted by molar-refractivity contribution is 7.91. The van der Waals surface area contributed by atoms with Crippen molar-refractivity contribution in [3.63, 3.8) is 0 Å². The van der Waals surface area contributed by atoms with Gasteiger partial charge in [0.2, 0.25) is 0 Å². The van der Waals surface area contributed by atoms with Crippen molar-refractivity contribution in [2.45, 2.75) is 16.7 Å². The molecule has 0 amide bonds. The monoisotopic (exact) mass is 241 g/mol. The van der Waals surface area contributed by atoms with E-state index in [1.807, 2.05) is 30.3 Å². The first-order valence-electron chi connectivity index (χ1n) is 5.05. The molecule has 3 atom stereocenters. The summed E-state index contributed by atoms with van der Waals surface area (Å²) >= 11 is 0. The second-order valence-electron chi connectivity index (χ2n) is 4.41. The van der Waals surface area contributed by atoms with Crippen LogP contribution in [0.3, 0.4) is 0 Å². The Morgan fingerprint density at radius 3 is 2.31 bits per heavy atom. The SMILES string of the molecule is CS(=O)(=O)C1C(c2ccccc2)C1(N)CO. The number of aliphatic hydroxyl groups excluding tert-OH is 1. The van der Waals surface area contributed by atoms with Gasteiger partial charge in [-0.05, 0) is 5.56 Å². The van der Waals surface area contributed by atoms with E-state index in [4.69, 9.17) is 5.73 Å². The van der Waals surface area contributed by atoms with Gasteiger partial charge in [-0.3, -0.25) is 0 Å². The van der Waals surface area contributed by atoms with Gasteiger partial charge >= 0.3 is 0 Å². The minimum absolute atomic E-state index is 0.298. The molecule has 0 radical (unpaired) electrons. The maximum atomic E-state index is 11.6. The summed E-state index contributed by atoms with van der Waals surface area (Å²) in [6.45, 7) is -0.315. The van der Waals surface area contributed by atoms with E-state index in [2.05, 4.69) is 0 Å². The molecule has 0 bridgehead atoms. The second kappa shape index (κ2) is 3.55. The van der Waals surface area contributed by atoms with Crippen molar-refractivity contribution in [1.29, 1.82) is 0 Å². The van der Waals surface area contributed by atoms with Gasteiger partial charge in [0.1, 0.15) is 0 Å². The van der Waals surface area contributed by atoms with E-state index in [0.717, 1.165) is 11.8 Å². The maximum absolute atomic E-state index is 11.6. The van der Waals surface area contributed by atoms with Crippen molar-refractivity contribution in [3.05, 3.63) is 35.9 Å². The maximum Gasteiger partial charge on any atom is 0.152 e. The van der Waals surface area contributed by atoms with Gasteiger partial charge in [-0.2, -0.15) is 0 Å². The number of benzene rings is 1. The first-order chi connectivity index (χ1) is 7.41. The summed E-state index contributed by atoms with van der Waals surface area (Å²) in [5.41, 5.74) is 5.77. The fraction of sp³-hybridized carbons (Fsp3) is 0.455. The number of hydrogen-bond donors (Lipinski definition) is 2. The Hall–Kier alpha value is -0.910. The molecule has 3 unspecified atom stereocenters. The average Bonchev–Trinajstić information content (AvgIpc) is 2.87. The molecule has 4 nitrogen and oxygen atoms in total. The normalized spacial score (nSPS) is 33.7. The summed E-state index contributed by atoms with van der Waals surface area (Å²) in [6, 6.07) is 9.22. The Labute approximate surface area is 95.0 Å². The lowest BCUT2D eigenvalue weighted by atomic mass is 10.1. The molecule has 1 aromatic rings. The third kappa shape index (κ3) is 1.65. The van der Waals surface area contributed by atoms with E-state index in [-0.39, 0.29) is 12.5 Å². The third-order valence-electron chi connectivity index (χ3n) is 3.20. The number of sulfone groups is 1. The van der Waals surface area contributed by atoms with Crippen LogP contribution in [-0.4, -0.2) is 37.2 Å². The second-order valence-corrected chi connectivity index (χ2v) is 6.58. The molecule has 0 spiro atoms. The summed E-state index contributed by atoms with van der Waals surface area (Å²) in [7, 11) is -3.23. The van der Waals surface area contributed by atoms with Gasteiger partial charge in [-0.25, -0.2) is 8.42 Å². The van der Waals surface area contributed by atoms with Crippen molar-refractivity contribution in [1.82, 2.24) is 0 Å². The minimum Gasteiger partial charge on any atom is -0.394 e. The van der Waals surface area contributed by atoms with Gasteiger partial charge < -0.3 is 10.8 Å². The Morgan fingerprint density at radius 1 is 1.38 bits per heavy atom. The predicted octanol–water partition coefficient (Wildman–Crippen LogP) is -0.113. The van der Waals surface area contributed by atoms with E-state index < -0.39 is 20.6 Å². The van der Waals surface area contributed by atoms with Gasteiger partial charge in [-0.1, -0.05) is 30.3 Å². The standard InChI is InChI=1S/C11H15NO3S/c1-16(14,15)10-9(11(10,12)7-13)8-5-3-2-4-6-8/h2-6,9-10,13H,7,12H2,1H3. The lowest BCUT2D eigenvalue weighted by Crippen LogP contribution is -2.34. The van der Waals surface area contributed by atoms with Crippen molar-refractivity contribution in [3.8, 4) is 0 Å². The summed E-state index contributed by atoms with van der Waals surface area (Å²) in [5.74, 6) is -0.298. The summed E-state index contributed by atoms with van der Waals surface area (Å²) < 4.78 is 23.1. The highest BCUT2D eigenvalue weighted by Crippen LogP contribution is 2.53. The fourth-order valence-electron chi connectivity index (χ4n) is 2.40. The molecule has 2 rings (SSSR count). The lowest BCUT2D eigenvalue weighted by molar-refractivity contribution is 0.253. The van der Waals surface area contributed by atoms with Crippen LogP contribution in [0.25, 0.3) is 0 Å². The molecule has 0 aliphatic heterocycles. The van der Waals surface area contributed by atoms with E-state index in [9.17, 15) is 13.5 Å². The molecule has 0 aromatic heterocycles. The van der Waals surface area contributed by atoms with Crippen LogP contribution >= 0.6 is 0 Å². The van der Waals surface area contributed by atoms with Crippen molar-refractivity contribution in [2.24, 2.45) is 5.73 Å². The molecule has 5 heteroatoms. The van der Waals surface area contributed by atoms with Crippen LogP contribution in [0.2, 0.25) is 0 Å². The topological polar surface area (TPSA) is 80.4 Å². The van der Waals surface area contributed by atoms with Gasteiger partial charge in [0.15, 0.2) is 9.84 Å². The highest BCUT2D eigenvalue weighted by Gasteiger charge is 2.67. The molecule has 1 aromatic carbocycles. The summed E-state index contributed by atoms with van der Waals surface area (Å²) in [4.78, 5) is 0. The smallest absolute Gasteiger partial charge is 0.152 e. The quantitative estimate of drug-likeness (QED) is 0.773. The molecule has 0 heterocycles. The number of rotatable bonds is 3. The first kappa shape index (κ1) is 11.6. The van der Waals surface area contributed by atoms with Gasteiger partial charge in [0, 0.05) is 12.2 Å². The highest BCUT2D eigenvalue weighted by atomic mass is 32.2. The van der Waals surface area contributed by atoms with Crippen LogP contribution in [0, 0.1) is 0 Å². The summed E-state index contributed by atoms with van der Waals surface area (Å²) in [5, 5.41) is 8.57. The Bertz CT molecular complexity index is 485. The van der Waals surface area contributed by atoms with Gasteiger partial charge in [0.05, 0.1) is 17.4 Å². The Kier molecular flexibility index (Phi) is 2.57. The Balaban J connectivity index is 2.38. The molecule has 1 saturated carbocycles. The average molecular weight is 241 g/mol. The third-order valence-corrected chi connectivity index (χ3v) is 4.83. The van der Waals surface area contributed by atoms with Crippen LogP contribution < -0.4 is 5.73 Å². The number of hydrogen-bond acceptors (Lipinski definition) is 4. The molecular weight excluding hydrogens is 226 g/mol. The van der Waals surface area contributed by atoms with E-state index in [0.29, 0.717) is 0 Å². The van der Waals surface area contributed by atoms with Crippen LogP contribution in [0.4, 0.5) is 0 Å². The number of nitrogens with two attached hydrogens (primary N) is 1. The lowest BCUT2D eigenvalue weighted by Gasteiger charge is -2.06. The zero-order valence-corrected chi connectivity index (χ0v) is 9.81. The Morgan fingerprint density at radius 2 is 1.94 bits per heavy atom. The molecule has 1 aliphatic carbocycles. The van der Waals surface area contributed by atoms with Crippen LogP contribution in [0.1, 0.15) is 11.5 Å². The fourth-order valence-corrected chi connectivity index (χ4v) is 4.25. The molecule has 0 saturated heterocycles. The largest absolute Gasteiger partial charge is 0.394 e. The molecule has 88 valence electrons. The zero-order chi connectivity index (χ0) is 12.0.